The average molecular weight is 325 g/mol. The van der Waals surface area contributed by atoms with Crippen LogP contribution in [0.4, 0.5) is 5.69 Å². The van der Waals surface area contributed by atoms with E-state index in [1.165, 1.54) is 18.2 Å². The first-order valence-electron chi connectivity index (χ1n) is 5.99. The third kappa shape index (κ3) is 3.34. The lowest BCUT2D eigenvalue weighted by molar-refractivity contribution is 0.0999. The first-order valence-corrected chi connectivity index (χ1v) is 7.85. The van der Waals surface area contributed by atoms with E-state index in [0.29, 0.717) is 5.56 Å². The van der Waals surface area contributed by atoms with Crippen LogP contribution in [0.2, 0.25) is 5.02 Å². The van der Waals surface area contributed by atoms with Crippen LogP contribution in [0.1, 0.15) is 15.9 Å². The number of aryl methyl sites for hydroxylation is 1. The molecule has 3 N–H and O–H groups in total. The van der Waals surface area contributed by atoms with Gasteiger partial charge in [0, 0.05) is 5.56 Å². The molecular formula is C14H13ClN2O3S. The van der Waals surface area contributed by atoms with Gasteiger partial charge in [-0.25, -0.2) is 8.42 Å². The molecule has 0 heterocycles. The summed E-state index contributed by atoms with van der Waals surface area (Å²) in [6.07, 6.45) is 0. The third-order valence-corrected chi connectivity index (χ3v) is 4.60. The first kappa shape index (κ1) is 15.3. The third-order valence-electron chi connectivity index (χ3n) is 2.90. The number of hydrogen-bond donors (Lipinski definition) is 2. The number of anilines is 1. The highest BCUT2D eigenvalue weighted by Gasteiger charge is 2.18. The van der Waals surface area contributed by atoms with Gasteiger partial charge in [-0.1, -0.05) is 29.8 Å². The molecule has 0 spiro atoms. The molecule has 110 valence electrons. The number of nitrogens with two attached hydrogens (primary N) is 1. The molecule has 0 atom stereocenters. The highest BCUT2D eigenvalue weighted by molar-refractivity contribution is 7.92. The highest BCUT2D eigenvalue weighted by atomic mass is 35.5. The van der Waals surface area contributed by atoms with Crippen molar-refractivity contribution in [1.82, 2.24) is 0 Å². The maximum absolute atomic E-state index is 12.3. The van der Waals surface area contributed by atoms with Crippen LogP contribution < -0.4 is 10.5 Å². The van der Waals surface area contributed by atoms with Crippen LogP contribution >= 0.6 is 11.6 Å². The molecule has 7 heteroatoms. The van der Waals surface area contributed by atoms with Gasteiger partial charge < -0.3 is 5.73 Å². The zero-order valence-corrected chi connectivity index (χ0v) is 12.7. The summed E-state index contributed by atoms with van der Waals surface area (Å²) in [7, 11) is -3.85. The number of carbonyl (C=O) groups excluding carboxylic acids is 1. The minimum atomic E-state index is -3.85. The SMILES string of the molecule is Cc1ccc(S(=O)(=O)Nc2ccccc2Cl)cc1C(N)=O. The summed E-state index contributed by atoms with van der Waals surface area (Å²) in [5.41, 5.74) is 6.27. The van der Waals surface area contributed by atoms with Crippen LogP contribution in [0.25, 0.3) is 0 Å². The largest absolute Gasteiger partial charge is 0.366 e. The second kappa shape index (κ2) is 5.75. The topological polar surface area (TPSA) is 89.3 Å². The van der Waals surface area contributed by atoms with Gasteiger partial charge in [0.15, 0.2) is 0 Å². The summed E-state index contributed by atoms with van der Waals surface area (Å²) in [4.78, 5) is 11.2. The normalized spacial score (nSPS) is 11.1. The Morgan fingerprint density at radius 3 is 2.48 bits per heavy atom. The number of carbonyl (C=O) groups is 1. The van der Waals surface area contributed by atoms with Crippen LogP contribution in [-0.2, 0) is 10.0 Å². The van der Waals surface area contributed by atoms with Gasteiger partial charge in [0.25, 0.3) is 10.0 Å². The molecule has 0 aliphatic rings. The summed E-state index contributed by atoms with van der Waals surface area (Å²) < 4.78 is 27.0. The molecule has 0 radical (unpaired) electrons. The average Bonchev–Trinajstić information content (AvgIpc) is 2.41. The Kier molecular flexibility index (Phi) is 4.20. The lowest BCUT2D eigenvalue weighted by Crippen LogP contribution is -2.17. The molecule has 0 saturated heterocycles. The predicted molar refractivity (Wildman–Crippen MR) is 82.0 cm³/mol. The number of rotatable bonds is 4. The van der Waals surface area contributed by atoms with E-state index >= 15 is 0 Å². The summed E-state index contributed by atoms with van der Waals surface area (Å²) in [5.74, 6) is -0.678. The number of benzene rings is 2. The van der Waals surface area contributed by atoms with Gasteiger partial charge in [-0.3, -0.25) is 9.52 Å². The number of nitrogens with one attached hydrogen (secondary N) is 1. The monoisotopic (exact) mass is 324 g/mol. The molecule has 2 rings (SSSR count). The van der Waals surface area contributed by atoms with E-state index in [0.717, 1.165) is 0 Å². The van der Waals surface area contributed by atoms with Crippen molar-refractivity contribution in [2.75, 3.05) is 4.72 Å². The summed E-state index contributed by atoms with van der Waals surface area (Å²) in [6, 6.07) is 10.6. The van der Waals surface area contributed by atoms with E-state index in [9.17, 15) is 13.2 Å². The Labute approximate surface area is 127 Å². The zero-order valence-electron chi connectivity index (χ0n) is 11.1. The Morgan fingerprint density at radius 2 is 1.86 bits per heavy atom. The van der Waals surface area contributed by atoms with E-state index in [1.54, 1.807) is 31.2 Å². The number of para-hydroxylation sites is 1. The van der Waals surface area contributed by atoms with E-state index < -0.39 is 15.9 Å². The van der Waals surface area contributed by atoms with Gasteiger partial charge in [-0.2, -0.15) is 0 Å². The van der Waals surface area contributed by atoms with Gasteiger partial charge in [-0.05, 0) is 36.8 Å². The highest BCUT2D eigenvalue weighted by Crippen LogP contribution is 2.24. The molecule has 0 aromatic heterocycles. The van der Waals surface area contributed by atoms with Crippen molar-refractivity contribution in [3.8, 4) is 0 Å². The van der Waals surface area contributed by atoms with Crippen LogP contribution in [0.3, 0.4) is 0 Å². The fourth-order valence-corrected chi connectivity index (χ4v) is 3.13. The second-order valence-corrected chi connectivity index (χ2v) is 6.52. The van der Waals surface area contributed by atoms with Gasteiger partial charge in [0.05, 0.1) is 15.6 Å². The molecule has 0 bridgehead atoms. The molecule has 21 heavy (non-hydrogen) atoms. The minimum absolute atomic E-state index is 0.0539. The Morgan fingerprint density at radius 1 is 1.19 bits per heavy atom. The minimum Gasteiger partial charge on any atom is -0.366 e. The Balaban J connectivity index is 2.43. The predicted octanol–water partition coefficient (Wildman–Crippen LogP) is 2.55. The van der Waals surface area contributed by atoms with Crippen molar-refractivity contribution in [2.45, 2.75) is 11.8 Å². The van der Waals surface area contributed by atoms with Crippen molar-refractivity contribution in [1.29, 1.82) is 0 Å². The van der Waals surface area contributed by atoms with E-state index in [1.807, 2.05) is 0 Å². The van der Waals surface area contributed by atoms with E-state index in [2.05, 4.69) is 4.72 Å². The summed E-state index contributed by atoms with van der Waals surface area (Å²) >= 11 is 5.92. The van der Waals surface area contributed by atoms with Gasteiger partial charge in [0.2, 0.25) is 5.91 Å². The first-order chi connectivity index (χ1) is 9.81. The van der Waals surface area contributed by atoms with E-state index in [-0.39, 0.29) is 21.2 Å². The van der Waals surface area contributed by atoms with Crippen LogP contribution in [0, 0.1) is 6.92 Å². The van der Waals surface area contributed by atoms with Crippen molar-refractivity contribution in [3.63, 3.8) is 0 Å². The molecular weight excluding hydrogens is 312 g/mol. The smallest absolute Gasteiger partial charge is 0.261 e. The molecule has 5 nitrogen and oxygen atoms in total. The quantitative estimate of drug-likeness (QED) is 0.905. The fraction of sp³-hybridized carbons (Fsp3) is 0.0714. The Bertz CT molecular complexity index is 804. The lowest BCUT2D eigenvalue weighted by atomic mass is 10.1. The van der Waals surface area contributed by atoms with Crippen LogP contribution in [-0.4, -0.2) is 14.3 Å². The fourth-order valence-electron chi connectivity index (χ4n) is 1.78. The van der Waals surface area contributed by atoms with Gasteiger partial charge >= 0.3 is 0 Å². The molecule has 1 amide bonds. The number of primary amides is 1. The zero-order chi connectivity index (χ0) is 15.6. The number of amides is 1. The number of sulfonamides is 1. The van der Waals surface area contributed by atoms with Crippen molar-refractivity contribution in [2.24, 2.45) is 5.73 Å². The lowest BCUT2D eigenvalue weighted by Gasteiger charge is -2.11. The number of halogens is 1. The number of hydrogen-bond acceptors (Lipinski definition) is 3. The molecule has 0 saturated carbocycles. The second-order valence-electron chi connectivity index (χ2n) is 4.43. The molecule has 0 aliphatic carbocycles. The standard InChI is InChI=1S/C14H13ClN2O3S/c1-9-6-7-10(8-11(9)14(16)18)21(19,20)17-13-5-3-2-4-12(13)15/h2-8,17H,1H3,(H2,16,18). The molecule has 0 aliphatic heterocycles. The molecule has 0 fully saturated rings. The van der Waals surface area contributed by atoms with E-state index in [4.69, 9.17) is 17.3 Å². The van der Waals surface area contributed by atoms with Crippen molar-refractivity contribution in [3.05, 3.63) is 58.6 Å². The van der Waals surface area contributed by atoms with Crippen LogP contribution in [0.15, 0.2) is 47.4 Å². The van der Waals surface area contributed by atoms with Gasteiger partial charge in [-0.15, -0.1) is 0 Å². The molecule has 2 aromatic rings. The maximum Gasteiger partial charge on any atom is 0.261 e. The summed E-state index contributed by atoms with van der Waals surface area (Å²) in [5, 5.41) is 0.281. The Hall–Kier alpha value is -2.05. The molecule has 2 aromatic carbocycles. The molecule has 0 unspecified atom stereocenters. The summed E-state index contributed by atoms with van der Waals surface area (Å²) in [6.45, 7) is 1.68. The van der Waals surface area contributed by atoms with Crippen molar-refractivity contribution >= 4 is 33.2 Å². The van der Waals surface area contributed by atoms with Crippen LogP contribution in [0.5, 0.6) is 0 Å². The van der Waals surface area contributed by atoms with Crippen molar-refractivity contribution < 1.29 is 13.2 Å². The maximum atomic E-state index is 12.3. The van der Waals surface area contributed by atoms with Gasteiger partial charge in [0.1, 0.15) is 0 Å².